The van der Waals surface area contributed by atoms with Gasteiger partial charge in [0, 0.05) is 11.3 Å². The molecule has 0 bridgehead atoms. The average Bonchev–Trinajstić information content (AvgIpc) is 2.38. The molecule has 0 saturated heterocycles. The van der Waals surface area contributed by atoms with E-state index in [0.29, 0.717) is 0 Å². The highest BCUT2D eigenvalue weighted by Crippen LogP contribution is 2.42. The van der Waals surface area contributed by atoms with Gasteiger partial charge in [0.2, 0.25) is 5.91 Å². The Morgan fingerprint density at radius 3 is 2.71 bits per heavy atom. The van der Waals surface area contributed by atoms with Crippen molar-refractivity contribution in [3.63, 3.8) is 0 Å². The van der Waals surface area contributed by atoms with Crippen molar-refractivity contribution in [1.82, 2.24) is 0 Å². The van der Waals surface area contributed by atoms with E-state index in [9.17, 15) is 4.79 Å². The second-order valence-electron chi connectivity index (χ2n) is 3.96. The first kappa shape index (κ1) is 9.06. The Morgan fingerprint density at radius 2 is 2.07 bits per heavy atom. The second-order valence-corrected chi connectivity index (χ2v) is 3.96. The SMILES string of the molecule is COc1cccc2c1C(C)(C)C(=O)N2. The number of ether oxygens (including phenoxy) is 1. The molecule has 1 N–H and O–H groups in total. The van der Waals surface area contributed by atoms with Gasteiger partial charge < -0.3 is 10.1 Å². The van der Waals surface area contributed by atoms with Crippen molar-refractivity contribution < 1.29 is 9.53 Å². The zero-order valence-corrected chi connectivity index (χ0v) is 8.55. The first-order chi connectivity index (χ1) is 6.57. The lowest BCUT2D eigenvalue weighted by atomic mass is 9.85. The van der Waals surface area contributed by atoms with E-state index in [1.54, 1.807) is 7.11 Å². The van der Waals surface area contributed by atoms with Gasteiger partial charge in [0.1, 0.15) is 5.75 Å². The van der Waals surface area contributed by atoms with Crippen LogP contribution in [-0.2, 0) is 10.2 Å². The summed E-state index contributed by atoms with van der Waals surface area (Å²) >= 11 is 0. The molecule has 1 aliphatic rings. The Balaban J connectivity index is 2.66. The average molecular weight is 191 g/mol. The second kappa shape index (κ2) is 2.74. The number of nitrogens with one attached hydrogen (secondary N) is 1. The van der Waals surface area contributed by atoms with Gasteiger partial charge in [-0.2, -0.15) is 0 Å². The summed E-state index contributed by atoms with van der Waals surface area (Å²) in [4.78, 5) is 11.7. The van der Waals surface area contributed by atoms with Crippen LogP contribution >= 0.6 is 0 Å². The number of rotatable bonds is 1. The topological polar surface area (TPSA) is 38.3 Å². The monoisotopic (exact) mass is 191 g/mol. The minimum atomic E-state index is -0.498. The lowest BCUT2D eigenvalue weighted by Gasteiger charge is -2.17. The highest BCUT2D eigenvalue weighted by molar-refractivity contribution is 6.06. The number of amides is 1. The number of hydrogen-bond acceptors (Lipinski definition) is 2. The Kier molecular flexibility index (Phi) is 1.77. The van der Waals surface area contributed by atoms with Crippen LogP contribution in [0.15, 0.2) is 18.2 Å². The van der Waals surface area contributed by atoms with Crippen molar-refractivity contribution >= 4 is 11.6 Å². The number of fused-ring (bicyclic) bond motifs is 1. The van der Waals surface area contributed by atoms with E-state index in [4.69, 9.17) is 4.74 Å². The molecule has 0 atom stereocenters. The van der Waals surface area contributed by atoms with Crippen molar-refractivity contribution in [1.29, 1.82) is 0 Å². The molecular weight excluding hydrogens is 178 g/mol. The Morgan fingerprint density at radius 1 is 1.36 bits per heavy atom. The fourth-order valence-electron chi connectivity index (χ4n) is 1.84. The Bertz CT molecular complexity index is 396. The van der Waals surface area contributed by atoms with Crippen molar-refractivity contribution in [2.75, 3.05) is 12.4 Å². The van der Waals surface area contributed by atoms with Crippen LogP contribution in [0.1, 0.15) is 19.4 Å². The fourth-order valence-corrected chi connectivity index (χ4v) is 1.84. The minimum Gasteiger partial charge on any atom is -0.496 e. The molecule has 3 heteroatoms. The predicted molar refractivity (Wildman–Crippen MR) is 54.6 cm³/mol. The van der Waals surface area contributed by atoms with Crippen LogP contribution in [0.2, 0.25) is 0 Å². The Hall–Kier alpha value is -1.51. The first-order valence-electron chi connectivity index (χ1n) is 4.56. The number of carbonyl (C=O) groups is 1. The van der Waals surface area contributed by atoms with E-state index >= 15 is 0 Å². The summed E-state index contributed by atoms with van der Waals surface area (Å²) in [6.45, 7) is 3.80. The molecule has 0 spiro atoms. The smallest absolute Gasteiger partial charge is 0.234 e. The first-order valence-corrected chi connectivity index (χ1v) is 4.56. The van der Waals surface area contributed by atoms with Crippen LogP contribution in [0.4, 0.5) is 5.69 Å². The molecule has 14 heavy (non-hydrogen) atoms. The summed E-state index contributed by atoms with van der Waals surface area (Å²) in [6, 6.07) is 5.64. The van der Waals surface area contributed by atoms with Gasteiger partial charge in [-0.15, -0.1) is 0 Å². The number of anilines is 1. The summed E-state index contributed by atoms with van der Waals surface area (Å²) in [5.74, 6) is 0.794. The van der Waals surface area contributed by atoms with Crippen LogP contribution in [0.25, 0.3) is 0 Å². The Labute approximate surface area is 83.1 Å². The highest BCUT2D eigenvalue weighted by Gasteiger charge is 2.40. The van der Waals surface area contributed by atoms with Gasteiger partial charge in [0.05, 0.1) is 12.5 Å². The molecule has 0 fully saturated rings. The van der Waals surface area contributed by atoms with Crippen molar-refractivity contribution in [2.45, 2.75) is 19.3 Å². The summed E-state index contributed by atoms with van der Waals surface area (Å²) in [5, 5.41) is 2.84. The molecule has 1 heterocycles. The number of methoxy groups -OCH3 is 1. The molecule has 0 unspecified atom stereocenters. The van der Waals surface area contributed by atoms with Gasteiger partial charge in [0.25, 0.3) is 0 Å². The van der Waals surface area contributed by atoms with Crippen molar-refractivity contribution in [3.8, 4) is 5.75 Å². The number of carbonyl (C=O) groups excluding carboxylic acids is 1. The van der Waals surface area contributed by atoms with E-state index in [2.05, 4.69) is 5.32 Å². The molecule has 0 radical (unpaired) electrons. The van der Waals surface area contributed by atoms with Crippen LogP contribution < -0.4 is 10.1 Å². The van der Waals surface area contributed by atoms with Crippen LogP contribution in [0.3, 0.4) is 0 Å². The third-order valence-corrected chi connectivity index (χ3v) is 2.69. The van der Waals surface area contributed by atoms with Crippen LogP contribution in [0.5, 0.6) is 5.75 Å². The molecular formula is C11H13NO2. The molecule has 0 aromatic heterocycles. The maximum Gasteiger partial charge on any atom is 0.234 e. The van der Waals surface area contributed by atoms with Gasteiger partial charge in [-0.05, 0) is 26.0 Å². The predicted octanol–water partition coefficient (Wildman–Crippen LogP) is 1.92. The number of benzene rings is 1. The highest BCUT2D eigenvalue weighted by atomic mass is 16.5. The summed E-state index contributed by atoms with van der Waals surface area (Å²) < 4.78 is 5.25. The third-order valence-electron chi connectivity index (χ3n) is 2.69. The van der Waals surface area contributed by atoms with Crippen molar-refractivity contribution in [2.24, 2.45) is 0 Å². The van der Waals surface area contributed by atoms with E-state index in [1.165, 1.54) is 0 Å². The zero-order chi connectivity index (χ0) is 10.3. The molecule has 74 valence electrons. The molecule has 2 rings (SSSR count). The largest absolute Gasteiger partial charge is 0.496 e. The zero-order valence-electron chi connectivity index (χ0n) is 8.55. The molecule has 0 saturated carbocycles. The van der Waals surface area contributed by atoms with Gasteiger partial charge in [-0.3, -0.25) is 4.79 Å². The van der Waals surface area contributed by atoms with E-state index in [1.807, 2.05) is 32.0 Å². The summed E-state index contributed by atoms with van der Waals surface area (Å²) in [7, 11) is 1.62. The maximum absolute atomic E-state index is 11.7. The van der Waals surface area contributed by atoms with Crippen LogP contribution in [0, 0.1) is 0 Å². The molecule has 1 aromatic rings. The normalized spacial score (nSPS) is 17.5. The fraction of sp³-hybridized carbons (Fsp3) is 0.364. The summed E-state index contributed by atoms with van der Waals surface area (Å²) in [6.07, 6.45) is 0. The standard InChI is InChI=1S/C11H13NO2/c1-11(2)9-7(12-10(11)13)5-4-6-8(9)14-3/h4-6H,1-3H3,(H,12,13). The van der Waals surface area contributed by atoms with Gasteiger partial charge in [-0.1, -0.05) is 6.07 Å². The van der Waals surface area contributed by atoms with E-state index in [-0.39, 0.29) is 5.91 Å². The van der Waals surface area contributed by atoms with Gasteiger partial charge >= 0.3 is 0 Å². The van der Waals surface area contributed by atoms with Crippen LogP contribution in [-0.4, -0.2) is 13.0 Å². The molecule has 1 aliphatic heterocycles. The van der Waals surface area contributed by atoms with Gasteiger partial charge in [0.15, 0.2) is 0 Å². The van der Waals surface area contributed by atoms with Crippen molar-refractivity contribution in [3.05, 3.63) is 23.8 Å². The van der Waals surface area contributed by atoms with Gasteiger partial charge in [-0.25, -0.2) is 0 Å². The lowest BCUT2D eigenvalue weighted by molar-refractivity contribution is -0.119. The molecule has 1 amide bonds. The number of hydrogen-bond donors (Lipinski definition) is 1. The molecule has 0 aliphatic carbocycles. The van der Waals surface area contributed by atoms with E-state index < -0.39 is 5.41 Å². The molecule has 3 nitrogen and oxygen atoms in total. The quantitative estimate of drug-likeness (QED) is 0.736. The van der Waals surface area contributed by atoms with E-state index in [0.717, 1.165) is 17.0 Å². The summed E-state index contributed by atoms with van der Waals surface area (Å²) in [5.41, 5.74) is 1.31. The minimum absolute atomic E-state index is 0.0250. The third kappa shape index (κ3) is 1.02. The lowest BCUT2D eigenvalue weighted by Crippen LogP contribution is -2.27. The molecule has 1 aromatic carbocycles. The maximum atomic E-state index is 11.7.